The minimum Gasteiger partial charge on any atom is -0.444 e. The molecule has 1 aliphatic rings. The number of ether oxygens (including phenoxy) is 2. The van der Waals surface area contributed by atoms with Crippen LogP contribution in [0.5, 0.6) is 0 Å². The van der Waals surface area contributed by atoms with Crippen LogP contribution in [0.15, 0.2) is 42.5 Å². The summed E-state index contributed by atoms with van der Waals surface area (Å²) >= 11 is 0. The van der Waals surface area contributed by atoms with Gasteiger partial charge < -0.3 is 19.9 Å². The number of carbonyl (C=O) groups is 2. The van der Waals surface area contributed by atoms with E-state index in [1.54, 1.807) is 57.2 Å². The fraction of sp³-hybridized carbons (Fsp3) is 0.417. The van der Waals surface area contributed by atoms with Gasteiger partial charge in [0.1, 0.15) is 17.5 Å². The molecule has 1 heterocycles. The third-order valence-corrected chi connectivity index (χ3v) is 5.09. The number of halogens is 1. The molecule has 1 fully saturated rings. The Balaban J connectivity index is 1.74. The first-order valence-corrected chi connectivity index (χ1v) is 10.6. The topological polar surface area (TPSA) is 88.1 Å². The van der Waals surface area contributed by atoms with Crippen LogP contribution in [0.4, 0.5) is 19.7 Å². The molecule has 0 bridgehead atoms. The number of benzene rings is 2. The second-order valence-electron chi connectivity index (χ2n) is 8.69. The number of nitrogens with one attached hydrogen (secondary N) is 1. The Morgan fingerprint density at radius 1 is 1.28 bits per heavy atom. The second kappa shape index (κ2) is 9.56. The highest BCUT2D eigenvalue weighted by molar-refractivity contribution is 5.90. The lowest BCUT2D eigenvalue weighted by atomic mass is 10.00. The molecule has 0 saturated carbocycles. The van der Waals surface area contributed by atoms with Crippen molar-refractivity contribution in [3.05, 3.63) is 53.8 Å². The first-order valence-electron chi connectivity index (χ1n) is 10.6. The van der Waals surface area contributed by atoms with Gasteiger partial charge in [0.05, 0.1) is 24.9 Å². The maximum Gasteiger partial charge on any atom is 0.414 e. The van der Waals surface area contributed by atoms with Crippen molar-refractivity contribution in [3.8, 4) is 11.1 Å². The van der Waals surface area contributed by atoms with Gasteiger partial charge in [-0.15, -0.1) is 0 Å². The van der Waals surface area contributed by atoms with Gasteiger partial charge in [-0.3, -0.25) is 4.90 Å². The van der Waals surface area contributed by atoms with E-state index in [9.17, 15) is 19.1 Å². The highest BCUT2D eigenvalue weighted by atomic mass is 19.1. The number of aliphatic hydroxyl groups excluding tert-OH is 1. The lowest BCUT2D eigenvalue weighted by molar-refractivity contribution is 0.0481. The van der Waals surface area contributed by atoms with Gasteiger partial charge in [0.2, 0.25) is 0 Å². The Hall–Kier alpha value is -3.13. The van der Waals surface area contributed by atoms with Crippen molar-refractivity contribution < 1.29 is 28.6 Å². The number of cyclic esters (lactones) is 1. The highest BCUT2D eigenvalue weighted by Crippen LogP contribution is 2.30. The average molecular weight is 445 g/mol. The summed E-state index contributed by atoms with van der Waals surface area (Å²) in [5, 5.41) is 12.3. The summed E-state index contributed by atoms with van der Waals surface area (Å²) in [6, 6.07) is 10.8. The molecule has 3 rings (SSSR count). The molecule has 7 nitrogen and oxygen atoms in total. The maximum absolute atomic E-state index is 14.9. The predicted octanol–water partition coefficient (Wildman–Crippen LogP) is 4.79. The third kappa shape index (κ3) is 5.56. The number of aliphatic hydroxyl groups is 1. The zero-order valence-corrected chi connectivity index (χ0v) is 18.7. The SMILES string of the molecule is CC[C@H]1CN(c2ccc(-c3ccc([C@H](CO)NC(=O)OC(C)(C)C)cc3)c(F)c2)C(=O)O1. The third-order valence-electron chi connectivity index (χ3n) is 5.09. The van der Waals surface area contributed by atoms with Gasteiger partial charge in [-0.2, -0.15) is 0 Å². The number of amides is 2. The van der Waals surface area contributed by atoms with Crippen molar-refractivity contribution in [2.75, 3.05) is 18.1 Å². The van der Waals surface area contributed by atoms with Gasteiger partial charge in [-0.25, -0.2) is 14.0 Å². The van der Waals surface area contributed by atoms with Crippen LogP contribution in [0.3, 0.4) is 0 Å². The Morgan fingerprint density at radius 2 is 1.97 bits per heavy atom. The van der Waals surface area contributed by atoms with Crippen LogP contribution >= 0.6 is 0 Å². The standard InChI is InChI=1S/C24H29FN2O5/c1-5-18-13-27(23(30)31-18)17-10-11-19(20(25)12-17)15-6-8-16(9-7-15)21(14-28)26-22(29)32-24(2,3)4/h6-12,18,21,28H,5,13-14H2,1-4H3,(H,26,29)/t18-,21-/m0/s1. The summed E-state index contributed by atoms with van der Waals surface area (Å²) in [5.74, 6) is -0.464. The lowest BCUT2D eigenvalue weighted by Crippen LogP contribution is -2.36. The molecule has 0 aliphatic carbocycles. The van der Waals surface area contributed by atoms with Crippen molar-refractivity contribution >= 4 is 17.9 Å². The number of hydrogen-bond donors (Lipinski definition) is 2. The van der Waals surface area contributed by atoms with E-state index in [4.69, 9.17) is 9.47 Å². The Morgan fingerprint density at radius 3 is 2.50 bits per heavy atom. The van der Waals surface area contributed by atoms with Gasteiger partial charge >= 0.3 is 12.2 Å². The van der Waals surface area contributed by atoms with Crippen LogP contribution in [0.25, 0.3) is 11.1 Å². The van der Waals surface area contributed by atoms with E-state index in [1.165, 1.54) is 11.0 Å². The number of carbonyl (C=O) groups excluding carboxylic acids is 2. The second-order valence-corrected chi connectivity index (χ2v) is 8.69. The largest absolute Gasteiger partial charge is 0.444 e. The molecule has 2 amide bonds. The lowest BCUT2D eigenvalue weighted by Gasteiger charge is -2.23. The summed E-state index contributed by atoms with van der Waals surface area (Å²) in [4.78, 5) is 25.5. The van der Waals surface area contributed by atoms with Gasteiger partial charge in [0, 0.05) is 5.56 Å². The van der Waals surface area contributed by atoms with Crippen LogP contribution in [0.2, 0.25) is 0 Å². The minimum absolute atomic E-state index is 0.188. The predicted molar refractivity (Wildman–Crippen MR) is 119 cm³/mol. The molecule has 1 saturated heterocycles. The summed E-state index contributed by atoms with van der Waals surface area (Å²) in [6.45, 7) is 7.28. The average Bonchev–Trinajstić information content (AvgIpc) is 3.11. The van der Waals surface area contributed by atoms with E-state index in [0.717, 1.165) is 0 Å². The fourth-order valence-electron chi connectivity index (χ4n) is 3.43. The van der Waals surface area contributed by atoms with Gasteiger partial charge in [-0.1, -0.05) is 31.2 Å². The van der Waals surface area contributed by atoms with Crippen LogP contribution in [-0.2, 0) is 9.47 Å². The molecule has 1 aliphatic heterocycles. The molecule has 172 valence electrons. The fourth-order valence-corrected chi connectivity index (χ4v) is 3.43. The summed E-state index contributed by atoms with van der Waals surface area (Å²) in [6.07, 6.45) is -0.590. The normalized spacial score (nSPS) is 17.1. The molecule has 0 spiro atoms. The summed E-state index contributed by atoms with van der Waals surface area (Å²) in [7, 11) is 0. The molecule has 0 unspecified atom stereocenters. The van der Waals surface area contributed by atoms with Gasteiger partial charge in [0.15, 0.2) is 0 Å². The Labute approximate surface area is 187 Å². The number of anilines is 1. The van der Waals surface area contributed by atoms with E-state index >= 15 is 0 Å². The first kappa shape index (κ1) is 23.5. The van der Waals surface area contributed by atoms with E-state index in [0.29, 0.717) is 35.3 Å². The quantitative estimate of drug-likeness (QED) is 0.669. The Kier molecular flexibility index (Phi) is 7.03. The molecule has 2 aromatic carbocycles. The molecule has 0 aromatic heterocycles. The van der Waals surface area contributed by atoms with Crippen LogP contribution < -0.4 is 10.2 Å². The number of alkyl carbamates (subject to hydrolysis) is 1. The summed E-state index contributed by atoms with van der Waals surface area (Å²) < 4.78 is 25.3. The van der Waals surface area contributed by atoms with Crippen molar-refractivity contribution in [2.24, 2.45) is 0 Å². The molecule has 32 heavy (non-hydrogen) atoms. The van der Waals surface area contributed by atoms with E-state index in [2.05, 4.69) is 5.32 Å². The molecule has 0 radical (unpaired) electrons. The van der Waals surface area contributed by atoms with Crippen molar-refractivity contribution in [2.45, 2.75) is 51.9 Å². The van der Waals surface area contributed by atoms with E-state index in [-0.39, 0.29) is 12.7 Å². The molecule has 8 heteroatoms. The monoisotopic (exact) mass is 444 g/mol. The zero-order valence-electron chi connectivity index (χ0n) is 18.7. The van der Waals surface area contributed by atoms with Crippen LogP contribution in [0.1, 0.15) is 45.7 Å². The number of rotatable bonds is 6. The summed E-state index contributed by atoms with van der Waals surface area (Å²) in [5.41, 5.74) is 1.46. The van der Waals surface area contributed by atoms with Crippen molar-refractivity contribution in [1.29, 1.82) is 0 Å². The first-order chi connectivity index (χ1) is 15.1. The van der Waals surface area contributed by atoms with Gasteiger partial charge in [0.25, 0.3) is 0 Å². The molecule has 2 atom stereocenters. The van der Waals surface area contributed by atoms with Crippen molar-refractivity contribution in [1.82, 2.24) is 5.32 Å². The van der Waals surface area contributed by atoms with Crippen LogP contribution in [0, 0.1) is 5.82 Å². The van der Waals surface area contributed by atoms with Gasteiger partial charge in [-0.05, 0) is 56.5 Å². The molecule has 2 N–H and O–H groups in total. The molecule has 2 aromatic rings. The van der Waals surface area contributed by atoms with Crippen LogP contribution in [-0.4, -0.2) is 42.1 Å². The Bertz CT molecular complexity index is 971. The van der Waals surface area contributed by atoms with Crippen molar-refractivity contribution in [3.63, 3.8) is 0 Å². The number of nitrogens with zero attached hydrogens (tertiary/aromatic N) is 1. The molecular weight excluding hydrogens is 415 g/mol. The highest BCUT2D eigenvalue weighted by Gasteiger charge is 2.31. The maximum atomic E-state index is 14.9. The minimum atomic E-state index is -0.654. The number of hydrogen-bond acceptors (Lipinski definition) is 5. The smallest absolute Gasteiger partial charge is 0.414 e. The molecular formula is C24H29FN2O5. The van der Waals surface area contributed by atoms with E-state index < -0.39 is 29.6 Å². The van der Waals surface area contributed by atoms with E-state index in [1.807, 2.05) is 6.92 Å². The zero-order chi connectivity index (χ0) is 23.5.